The molecule has 0 spiro atoms. The van der Waals surface area contributed by atoms with E-state index in [2.05, 4.69) is 15.4 Å². The lowest BCUT2D eigenvalue weighted by Crippen LogP contribution is -2.18. The van der Waals surface area contributed by atoms with Gasteiger partial charge in [-0.3, -0.25) is 0 Å². The van der Waals surface area contributed by atoms with Crippen molar-refractivity contribution >= 4 is 28.7 Å². The molecule has 0 amide bonds. The summed E-state index contributed by atoms with van der Waals surface area (Å²) in [7, 11) is 0. The molecule has 0 bridgehead atoms. The predicted octanol–water partition coefficient (Wildman–Crippen LogP) is 4.41. The summed E-state index contributed by atoms with van der Waals surface area (Å²) in [5.74, 6) is 0.105. The van der Waals surface area contributed by atoms with Crippen LogP contribution in [0.2, 0.25) is 0 Å². The van der Waals surface area contributed by atoms with Crippen molar-refractivity contribution in [1.82, 2.24) is 0 Å². The lowest BCUT2D eigenvalue weighted by molar-refractivity contribution is -0.0498. The monoisotopic (exact) mass is 308 g/mol. The van der Waals surface area contributed by atoms with Crippen LogP contribution in [0.4, 0.5) is 20.2 Å². The van der Waals surface area contributed by atoms with Crippen LogP contribution in [-0.4, -0.2) is 11.7 Å². The smallest absolute Gasteiger partial charge is 0.387 e. The zero-order valence-corrected chi connectivity index (χ0v) is 12.1. The summed E-state index contributed by atoms with van der Waals surface area (Å²) in [4.78, 5) is 0. The van der Waals surface area contributed by atoms with Gasteiger partial charge in [0.1, 0.15) is 5.75 Å². The molecule has 2 aromatic rings. The maximum atomic E-state index is 12.0. The molecule has 0 atom stereocenters. The standard InChI is InChI=1S/C15H14F2N2OS/c1-10-2-4-11(5-3-10)18-15(21)19-12-6-8-13(9-7-12)20-14(16)17/h2-9,14H,1H3,(H2,18,19,21). The maximum absolute atomic E-state index is 12.0. The summed E-state index contributed by atoms with van der Waals surface area (Å²) in [6.45, 7) is -0.822. The molecule has 0 aliphatic carbocycles. The number of aryl methyl sites for hydroxylation is 1. The van der Waals surface area contributed by atoms with Gasteiger partial charge in [0, 0.05) is 11.4 Å². The van der Waals surface area contributed by atoms with E-state index < -0.39 is 6.61 Å². The van der Waals surface area contributed by atoms with Crippen molar-refractivity contribution in [3.8, 4) is 5.75 Å². The van der Waals surface area contributed by atoms with E-state index in [-0.39, 0.29) is 5.75 Å². The van der Waals surface area contributed by atoms with Crippen LogP contribution in [-0.2, 0) is 0 Å². The summed E-state index contributed by atoms with van der Waals surface area (Å²) in [6.07, 6.45) is 0. The Labute approximate surface area is 126 Å². The number of anilines is 2. The molecule has 0 aromatic heterocycles. The highest BCUT2D eigenvalue weighted by atomic mass is 32.1. The minimum Gasteiger partial charge on any atom is -0.435 e. The lowest BCUT2D eigenvalue weighted by Gasteiger charge is -2.11. The SMILES string of the molecule is Cc1ccc(NC(=S)Nc2ccc(OC(F)F)cc2)cc1. The van der Waals surface area contributed by atoms with E-state index in [0.29, 0.717) is 10.8 Å². The second-order valence-electron chi connectivity index (χ2n) is 4.35. The fourth-order valence-corrected chi connectivity index (χ4v) is 1.89. The number of hydrogen-bond acceptors (Lipinski definition) is 2. The molecule has 110 valence electrons. The Morgan fingerprint density at radius 1 is 0.952 bits per heavy atom. The molecule has 2 aromatic carbocycles. The van der Waals surface area contributed by atoms with Crippen molar-refractivity contribution in [2.24, 2.45) is 0 Å². The Bertz CT molecular complexity index is 600. The molecule has 0 radical (unpaired) electrons. The maximum Gasteiger partial charge on any atom is 0.387 e. The summed E-state index contributed by atoms with van der Waals surface area (Å²) >= 11 is 5.18. The van der Waals surface area contributed by atoms with Crippen molar-refractivity contribution in [2.45, 2.75) is 13.5 Å². The van der Waals surface area contributed by atoms with Crippen LogP contribution >= 0.6 is 12.2 Å². The first-order valence-electron chi connectivity index (χ1n) is 6.22. The number of nitrogens with one attached hydrogen (secondary N) is 2. The average Bonchev–Trinajstić information content (AvgIpc) is 2.43. The molecule has 6 heteroatoms. The Balaban J connectivity index is 1.91. The van der Waals surface area contributed by atoms with Gasteiger partial charge in [0.05, 0.1) is 0 Å². The molecule has 0 aliphatic heterocycles. The quantitative estimate of drug-likeness (QED) is 0.820. The highest BCUT2D eigenvalue weighted by Crippen LogP contribution is 2.18. The summed E-state index contributed by atoms with van der Waals surface area (Å²) < 4.78 is 28.3. The fourth-order valence-electron chi connectivity index (χ4n) is 1.65. The first-order valence-corrected chi connectivity index (χ1v) is 6.63. The summed E-state index contributed by atoms with van der Waals surface area (Å²) in [6, 6.07) is 13.9. The average molecular weight is 308 g/mol. The summed E-state index contributed by atoms with van der Waals surface area (Å²) in [5, 5.41) is 6.41. The van der Waals surface area contributed by atoms with Crippen molar-refractivity contribution in [3.05, 3.63) is 54.1 Å². The van der Waals surface area contributed by atoms with E-state index in [1.54, 1.807) is 12.1 Å². The number of ether oxygens (including phenoxy) is 1. The molecule has 0 saturated carbocycles. The minimum atomic E-state index is -2.83. The number of benzene rings is 2. The predicted molar refractivity (Wildman–Crippen MR) is 84.1 cm³/mol. The van der Waals surface area contributed by atoms with E-state index >= 15 is 0 Å². The van der Waals surface area contributed by atoms with Gasteiger partial charge in [-0.2, -0.15) is 8.78 Å². The van der Waals surface area contributed by atoms with Crippen molar-refractivity contribution in [2.75, 3.05) is 10.6 Å². The molecule has 0 aliphatic rings. The first kappa shape index (κ1) is 15.2. The van der Waals surface area contributed by atoms with Crippen molar-refractivity contribution in [3.63, 3.8) is 0 Å². The molecule has 0 heterocycles. The normalized spacial score (nSPS) is 10.3. The van der Waals surface area contributed by atoms with Crippen LogP contribution in [0, 0.1) is 6.92 Å². The van der Waals surface area contributed by atoms with E-state index in [9.17, 15) is 8.78 Å². The first-order chi connectivity index (χ1) is 10.0. The van der Waals surface area contributed by atoms with Gasteiger partial charge in [-0.05, 0) is 55.5 Å². The molecule has 0 saturated heterocycles. The largest absolute Gasteiger partial charge is 0.435 e. The molecule has 2 rings (SSSR count). The molecular formula is C15H14F2N2OS. The van der Waals surface area contributed by atoms with Gasteiger partial charge in [0.25, 0.3) is 0 Å². The third-order valence-corrected chi connectivity index (χ3v) is 2.85. The topological polar surface area (TPSA) is 33.3 Å². The second kappa shape index (κ2) is 6.99. The van der Waals surface area contributed by atoms with Crippen LogP contribution < -0.4 is 15.4 Å². The number of halogens is 2. The lowest BCUT2D eigenvalue weighted by atomic mass is 10.2. The van der Waals surface area contributed by atoms with Gasteiger partial charge in [-0.25, -0.2) is 0 Å². The van der Waals surface area contributed by atoms with Crippen LogP contribution in [0.1, 0.15) is 5.56 Å². The highest BCUT2D eigenvalue weighted by molar-refractivity contribution is 7.80. The minimum absolute atomic E-state index is 0.105. The fraction of sp³-hybridized carbons (Fsp3) is 0.133. The Morgan fingerprint density at radius 3 is 1.90 bits per heavy atom. The Morgan fingerprint density at radius 2 is 1.43 bits per heavy atom. The van der Waals surface area contributed by atoms with E-state index in [1.165, 1.54) is 12.1 Å². The molecule has 0 unspecified atom stereocenters. The number of hydrogen-bond donors (Lipinski definition) is 2. The second-order valence-corrected chi connectivity index (χ2v) is 4.76. The number of rotatable bonds is 4. The molecule has 2 N–H and O–H groups in total. The van der Waals surface area contributed by atoms with Gasteiger partial charge in [-0.1, -0.05) is 17.7 Å². The van der Waals surface area contributed by atoms with Gasteiger partial charge >= 0.3 is 6.61 Å². The van der Waals surface area contributed by atoms with Crippen LogP contribution in [0.5, 0.6) is 5.75 Å². The van der Waals surface area contributed by atoms with Gasteiger partial charge < -0.3 is 15.4 Å². The zero-order valence-electron chi connectivity index (χ0n) is 11.3. The zero-order chi connectivity index (χ0) is 15.2. The Kier molecular flexibility index (Phi) is 5.05. The van der Waals surface area contributed by atoms with Crippen LogP contribution in [0.3, 0.4) is 0 Å². The van der Waals surface area contributed by atoms with Gasteiger partial charge in [-0.15, -0.1) is 0 Å². The number of thiocarbonyl (C=S) groups is 1. The van der Waals surface area contributed by atoms with E-state index in [4.69, 9.17) is 12.2 Å². The van der Waals surface area contributed by atoms with E-state index in [1.807, 2.05) is 31.2 Å². The van der Waals surface area contributed by atoms with Gasteiger partial charge in [0.15, 0.2) is 5.11 Å². The highest BCUT2D eigenvalue weighted by Gasteiger charge is 2.04. The third-order valence-electron chi connectivity index (χ3n) is 2.65. The molecular weight excluding hydrogens is 294 g/mol. The Hall–Kier alpha value is -2.21. The molecule has 21 heavy (non-hydrogen) atoms. The van der Waals surface area contributed by atoms with Crippen LogP contribution in [0.15, 0.2) is 48.5 Å². The number of alkyl halides is 2. The third kappa shape index (κ3) is 5.00. The summed E-state index contributed by atoms with van der Waals surface area (Å²) in [5.41, 5.74) is 2.71. The van der Waals surface area contributed by atoms with Gasteiger partial charge in [0.2, 0.25) is 0 Å². The molecule has 0 fully saturated rings. The van der Waals surface area contributed by atoms with Crippen LogP contribution in [0.25, 0.3) is 0 Å². The van der Waals surface area contributed by atoms with Crippen molar-refractivity contribution in [1.29, 1.82) is 0 Å². The van der Waals surface area contributed by atoms with E-state index in [0.717, 1.165) is 11.3 Å². The van der Waals surface area contributed by atoms with Crippen molar-refractivity contribution < 1.29 is 13.5 Å². The molecule has 3 nitrogen and oxygen atoms in total.